The monoisotopic (exact) mass is 410 g/mol. The number of nitrogens with zero attached hydrogens (tertiary/aromatic N) is 4. The molecule has 0 spiro atoms. The summed E-state index contributed by atoms with van der Waals surface area (Å²) in [5.74, 6) is 1.27. The molecule has 158 valence electrons. The first-order valence-corrected chi connectivity index (χ1v) is 10.1. The average molecular weight is 410 g/mol. The van der Waals surface area contributed by atoms with Gasteiger partial charge in [-0.2, -0.15) is 4.98 Å². The van der Waals surface area contributed by atoms with Gasteiger partial charge in [0.1, 0.15) is 17.5 Å². The van der Waals surface area contributed by atoms with Gasteiger partial charge in [-0.15, -0.1) is 0 Å². The smallest absolute Gasteiger partial charge is 0.249 e. The molecule has 30 heavy (non-hydrogen) atoms. The predicted molar refractivity (Wildman–Crippen MR) is 115 cm³/mol. The van der Waals surface area contributed by atoms with Crippen LogP contribution < -0.4 is 25.6 Å². The Labute approximate surface area is 175 Å². The van der Waals surface area contributed by atoms with E-state index < -0.39 is 5.91 Å². The molecule has 0 saturated heterocycles. The van der Waals surface area contributed by atoms with Gasteiger partial charge in [0.25, 0.3) is 0 Å². The van der Waals surface area contributed by atoms with Gasteiger partial charge in [0.05, 0.1) is 18.5 Å². The number of hydrogen-bond donors (Lipinski definition) is 2. The molecule has 0 saturated carbocycles. The Kier molecular flexibility index (Phi) is 4.97. The van der Waals surface area contributed by atoms with Gasteiger partial charge in [0.2, 0.25) is 17.8 Å². The summed E-state index contributed by atoms with van der Waals surface area (Å²) < 4.78 is 5.74. The SMILES string of the molecule is CC[C@@H]1C(=O)N(C)c2cnc(Nc3ccc(C(N)=O)c4c3OCC4)nc2N1C(C)C. The number of ether oxygens (including phenoxy) is 1. The third-order valence-corrected chi connectivity index (χ3v) is 5.62. The Hall–Kier alpha value is -3.36. The second-order valence-electron chi connectivity index (χ2n) is 7.78. The molecular formula is C21H26N6O3. The van der Waals surface area contributed by atoms with E-state index in [1.54, 1.807) is 30.3 Å². The van der Waals surface area contributed by atoms with E-state index in [4.69, 9.17) is 15.5 Å². The van der Waals surface area contributed by atoms with Crippen molar-refractivity contribution in [1.82, 2.24) is 9.97 Å². The number of anilines is 4. The van der Waals surface area contributed by atoms with Crippen LogP contribution in [0.4, 0.5) is 23.1 Å². The van der Waals surface area contributed by atoms with E-state index in [0.717, 1.165) is 5.56 Å². The molecule has 3 N–H and O–H groups in total. The lowest BCUT2D eigenvalue weighted by Crippen LogP contribution is -2.54. The van der Waals surface area contributed by atoms with Crippen LogP contribution in [0.2, 0.25) is 0 Å². The first-order valence-electron chi connectivity index (χ1n) is 10.1. The number of primary amides is 1. The van der Waals surface area contributed by atoms with Crippen molar-refractivity contribution in [3.8, 4) is 5.75 Å². The van der Waals surface area contributed by atoms with E-state index in [1.165, 1.54) is 0 Å². The molecule has 3 heterocycles. The van der Waals surface area contributed by atoms with Gasteiger partial charge in [-0.3, -0.25) is 9.59 Å². The zero-order chi connectivity index (χ0) is 21.6. The number of fused-ring (bicyclic) bond motifs is 2. The maximum atomic E-state index is 12.8. The number of nitrogens with one attached hydrogen (secondary N) is 1. The molecule has 2 amide bonds. The average Bonchev–Trinajstić information content (AvgIpc) is 3.20. The maximum absolute atomic E-state index is 12.8. The van der Waals surface area contributed by atoms with Crippen molar-refractivity contribution in [3.63, 3.8) is 0 Å². The molecule has 4 rings (SSSR count). The summed E-state index contributed by atoms with van der Waals surface area (Å²) in [5, 5.41) is 3.21. The Morgan fingerprint density at radius 1 is 1.40 bits per heavy atom. The molecule has 9 nitrogen and oxygen atoms in total. The van der Waals surface area contributed by atoms with Crippen molar-refractivity contribution in [3.05, 3.63) is 29.5 Å². The fraction of sp³-hybridized carbons (Fsp3) is 0.429. The summed E-state index contributed by atoms with van der Waals surface area (Å²) in [7, 11) is 1.75. The third kappa shape index (κ3) is 3.10. The van der Waals surface area contributed by atoms with Crippen molar-refractivity contribution >= 4 is 35.0 Å². The second-order valence-corrected chi connectivity index (χ2v) is 7.78. The molecule has 1 atom stereocenters. The van der Waals surface area contributed by atoms with Crippen molar-refractivity contribution < 1.29 is 14.3 Å². The van der Waals surface area contributed by atoms with Crippen molar-refractivity contribution in [1.29, 1.82) is 0 Å². The van der Waals surface area contributed by atoms with Crippen LogP contribution in [0.15, 0.2) is 18.3 Å². The fourth-order valence-corrected chi connectivity index (χ4v) is 4.18. The highest BCUT2D eigenvalue weighted by molar-refractivity contribution is 6.04. The molecule has 0 bridgehead atoms. The van der Waals surface area contributed by atoms with Crippen LogP contribution in [0.5, 0.6) is 5.75 Å². The topological polar surface area (TPSA) is 114 Å². The molecule has 1 aromatic heterocycles. The lowest BCUT2D eigenvalue weighted by molar-refractivity contribution is -0.120. The summed E-state index contributed by atoms with van der Waals surface area (Å²) in [6.45, 7) is 6.58. The quantitative estimate of drug-likeness (QED) is 0.777. The molecule has 2 aromatic rings. The van der Waals surface area contributed by atoms with Crippen LogP contribution in [0.1, 0.15) is 43.1 Å². The number of nitrogens with two attached hydrogens (primary N) is 1. The lowest BCUT2D eigenvalue weighted by atomic mass is 10.0. The van der Waals surface area contributed by atoms with Crippen LogP contribution in [-0.4, -0.2) is 47.5 Å². The molecule has 2 aliphatic rings. The minimum Gasteiger partial charge on any atom is -0.491 e. The molecular weight excluding hydrogens is 384 g/mol. The number of carbonyl (C=O) groups excluding carboxylic acids is 2. The summed E-state index contributed by atoms with van der Waals surface area (Å²) in [5.41, 5.74) is 8.10. The van der Waals surface area contributed by atoms with Crippen LogP contribution in [0, 0.1) is 0 Å². The Morgan fingerprint density at radius 2 is 2.17 bits per heavy atom. The van der Waals surface area contributed by atoms with E-state index >= 15 is 0 Å². The summed E-state index contributed by atoms with van der Waals surface area (Å²) in [6.07, 6.45) is 2.96. The molecule has 0 radical (unpaired) electrons. The van der Waals surface area contributed by atoms with E-state index in [9.17, 15) is 9.59 Å². The first kappa shape index (κ1) is 19.9. The van der Waals surface area contributed by atoms with Crippen molar-refractivity contribution in [2.24, 2.45) is 5.73 Å². The number of hydrogen-bond acceptors (Lipinski definition) is 7. The zero-order valence-corrected chi connectivity index (χ0v) is 17.6. The Balaban J connectivity index is 1.74. The standard InChI is InChI=1S/C21H26N6O3/c1-5-15-20(29)26(4)16-10-23-21(25-19(16)27(15)11(2)3)24-14-7-6-13(18(22)28)12-8-9-30-17(12)14/h6-7,10-11,15H,5,8-9H2,1-4H3,(H2,22,28)(H,23,24,25)/t15-/m1/s1. The highest BCUT2D eigenvalue weighted by atomic mass is 16.5. The third-order valence-electron chi connectivity index (χ3n) is 5.62. The largest absolute Gasteiger partial charge is 0.491 e. The number of rotatable bonds is 5. The second kappa shape index (κ2) is 7.47. The fourth-order valence-electron chi connectivity index (χ4n) is 4.18. The van der Waals surface area contributed by atoms with E-state index in [-0.39, 0.29) is 18.0 Å². The van der Waals surface area contributed by atoms with Crippen LogP contribution in [0.3, 0.4) is 0 Å². The Morgan fingerprint density at radius 3 is 2.83 bits per heavy atom. The normalized spacial score (nSPS) is 17.6. The lowest BCUT2D eigenvalue weighted by Gasteiger charge is -2.42. The molecule has 0 unspecified atom stereocenters. The summed E-state index contributed by atoms with van der Waals surface area (Å²) in [4.78, 5) is 37.3. The summed E-state index contributed by atoms with van der Waals surface area (Å²) >= 11 is 0. The van der Waals surface area contributed by atoms with Gasteiger partial charge in [-0.25, -0.2) is 4.98 Å². The summed E-state index contributed by atoms with van der Waals surface area (Å²) in [6, 6.07) is 3.26. The number of aromatic nitrogens is 2. The van der Waals surface area contributed by atoms with E-state index in [0.29, 0.717) is 53.9 Å². The van der Waals surface area contributed by atoms with E-state index in [2.05, 4.69) is 10.3 Å². The van der Waals surface area contributed by atoms with Crippen LogP contribution >= 0.6 is 0 Å². The zero-order valence-electron chi connectivity index (χ0n) is 17.6. The highest BCUT2D eigenvalue weighted by Crippen LogP contribution is 2.39. The molecule has 0 fully saturated rings. The Bertz CT molecular complexity index is 1020. The highest BCUT2D eigenvalue weighted by Gasteiger charge is 2.38. The van der Waals surface area contributed by atoms with Crippen LogP contribution in [0.25, 0.3) is 0 Å². The van der Waals surface area contributed by atoms with Gasteiger partial charge >= 0.3 is 0 Å². The predicted octanol–water partition coefficient (Wildman–Crippen LogP) is 2.22. The maximum Gasteiger partial charge on any atom is 0.249 e. The van der Waals surface area contributed by atoms with Gasteiger partial charge < -0.3 is 25.6 Å². The number of benzene rings is 1. The number of amides is 2. The first-order chi connectivity index (χ1) is 14.3. The van der Waals surface area contributed by atoms with Crippen molar-refractivity contribution in [2.45, 2.75) is 45.7 Å². The van der Waals surface area contributed by atoms with Gasteiger partial charge in [0, 0.05) is 30.6 Å². The number of likely N-dealkylation sites (N-methyl/N-ethyl adjacent to an activating group) is 1. The van der Waals surface area contributed by atoms with Gasteiger partial charge in [-0.1, -0.05) is 6.92 Å². The number of carbonyl (C=O) groups is 2. The molecule has 9 heteroatoms. The van der Waals surface area contributed by atoms with Gasteiger partial charge in [-0.05, 0) is 32.4 Å². The molecule has 1 aromatic carbocycles. The van der Waals surface area contributed by atoms with Crippen molar-refractivity contribution in [2.75, 3.05) is 28.8 Å². The van der Waals surface area contributed by atoms with Gasteiger partial charge in [0.15, 0.2) is 5.82 Å². The minimum absolute atomic E-state index is 0.0382. The van der Waals surface area contributed by atoms with E-state index in [1.807, 2.05) is 25.7 Å². The molecule has 2 aliphatic heterocycles. The molecule has 0 aliphatic carbocycles. The van der Waals surface area contributed by atoms with Crippen LogP contribution in [-0.2, 0) is 11.2 Å². The minimum atomic E-state index is -0.473.